The van der Waals surface area contributed by atoms with Crippen molar-refractivity contribution in [2.24, 2.45) is 0 Å². The fourth-order valence-corrected chi connectivity index (χ4v) is 1.86. The van der Waals surface area contributed by atoms with Crippen LogP contribution in [-0.4, -0.2) is 50.2 Å². The molecule has 3 nitrogen and oxygen atoms in total. The number of aliphatic hydroxyl groups is 1. The zero-order valence-corrected chi connectivity index (χ0v) is 12.1. The van der Waals surface area contributed by atoms with Crippen molar-refractivity contribution >= 4 is 0 Å². The summed E-state index contributed by atoms with van der Waals surface area (Å²) in [6.07, 6.45) is 8.73. The molecule has 0 aromatic carbocycles. The molecule has 1 N–H and O–H groups in total. The van der Waals surface area contributed by atoms with E-state index in [-0.39, 0.29) is 6.61 Å². The van der Waals surface area contributed by atoms with E-state index in [1.807, 2.05) is 0 Å². The second-order valence-electron chi connectivity index (χ2n) is 5.54. The molecule has 0 bridgehead atoms. The minimum absolute atomic E-state index is 0.277. The molecule has 0 saturated heterocycles. The molecule has 17 heavy (non-hydrogen) atoms. The molecule has 3 heteroatoms. The van der Waals surface area contributed by atoms with Crippen molar-refractivity contribution in [3.05, 3.63) is 0 Å². The quantitative estimate of drug-likeness (QED) is 0.326. The third-order valence-corrected chi connectivity index (χ3v) is 3.00. The van der Waals surface area contributed by atoms with Crippen molar-refractivity contribution in [2.45, 2.75) is 51.9 Å². The monoisotopic (exact) mass is 246 g/mol. The normalized spacial score (nSPS) is 12.0. The number of nitrogens with zero attached hydrogens (tertiary/aromatic N) is 1. The lowest BCUT2D eigenvalue weighted by molar-refractivity contribution is -0.909. The molecule has 0 amide bonds. The first-order valence-electron chi connectivity index (χ1n) is 7.13. The maximum atomic E-state index is 8.79. The first kappa shape index (κ1) is 16.9. The predicted octanol–water partition coefficient (Wildman–Crippen LogP) is 2.78. The van der Waals surface area contributed by atoms with Crippen LogP contribution in [0.25, 0.3) is 0 Å². The van der Waals surface area contributed by atoms with Gasteiger partial charge in [-0.2, -0.15) is 0 Å². The van der Waals surface area contributed by atoms with Gasteiger partial charge >= 0.3 is 0 Å². The summed E-state index contributed by atoms with van der Waals surface area (Å²) in [7, 11) is 4.30. The Bertz CT molecular complexity index is 160. The van der Waals surface area contributed by atoms with Crippen molar-refractivity contribution < 1.29 is 14.3 Å². The summed E-state index contributed by atoms with van der Waals surface area (Å²) in [4.78, 5) is 0. The summed E-state index contributed by atoms with van der Waals surface area (Å²) < 4.78 is 6.54. The number of ether oxygens (including phenoxy) is 1. The Morgan fingerprint density at radius 2 is 1.59 bits per heavy atom. The lowest BCUT2D eigenvalue weighted by Gasteiger charge is -2.28. The molecule has 0 aliphatic carbocycles. The number of rotatable bonds is 12. The SMILES string of the molecule is CCCCCCCCOC[N+](C)(C)CCCO. The molecular formula is C14H32NO2+. The van der Waals surface area contributed by atoms with Crippen molar-refractivity contribution in [3.63, 3.8) is 0 Å². The zero-order chi connectivity index (χ0) is 13.0. The van der Waals surface area contributed by atoms with Crippen LogP contribution in [0.4, 0.5) is 0 Å². The lowest BCUT2D eigenvalue weighted by Crippen LogP contribution is -2.42. The van der Waals surface area contributed by atoms with Gasteiger partial charge in [-0.25, -0.2) is 0 Å². The van der Waals surface area contributed by atoms with Gasteiger partial charge in [-0.15, -0.1) is 0 Å². The topological polar surface area (TPSA) is 29.5 Å². The Balaban J connectivity index is 3.26. The average Bonchev–Trinajstić information content (AvgIpc) is 2.30. The van der Waals surface area contributed by atoms with E-state index < -0.39 is 0 Å². The Hall–Kier alpha value is -0.120. The molecule has 0 spiro atoms. The highest BCUT2D eigenvalue weighted by atomic mass is 16.5. The van der Waals surface area contributed by atoms with Gasteiger partial charge in [0.15, 0.2) is 6.73 Å². The van der Waals surface area contributed by atoms with Gasteiger partial charge in [-0.05, 0) is 6.42 Å². The highest BCUT2D eigenvalue weighted by Crippen LogP contribution is 2.06. The first-order chi connectivity index (χ1) is 8.12. The van der Waals surface area contributed by atoms with Gasteiger partial charge in [0.1, 0.15) is 0 Å². The Labute approximate surface area is 107 Å². The molecule has 0 radical (unpaired) electrons. The smallest absolute Gasteiger partial charge is 0.182 e. The minimum atomic E-state index is 0.277. The molecule has 104 valence electrons. The summed E-state index contributed by atoms with van der Waals surface area (Å²) in [6.45, 7) is 5.14. The number of hydrogen-bond donors (Lipinski definition) is 1. The number of aliphatic hydroxyl groups excluding tert-OH is 1. The maximum absolute atomic E-state index is 8.79. The zero-order valence-electron chi connectivity index (χ0n) is 12.1. The summed E-state index contributed by atoms with van der Waals surface area (Å²) in [5.74, 6) is 0. The van der Waals surface area contributed by atoms with Gasteiger partial charge in [0.05, 0.1) is 27.2 Å². The van der Waals surface area contributed by atoms with E-state index in [1.165, 1.54) is 38.5 Å². The lowest BCUT2D eigenvalue weighted by atomic mass is 10.1. The third-order valence-electron chi connectivity index (χ3n) is 3.00. The van der Waals surface area contributed by atoms with E-state index in [9.17, 15) is 0 Å². The largest absolute Gasteiger partial charge is 0.396 e. The van der Waals surface area contributed by atoms with Crippen LogP contribution in [0.15, 0.2) is 0 Å². The second-order valence-corrected chi connectivity index (χ2v) is 5.54. The Morgan fingerprint density at radius 3 is 2.24 bits per heavy atom. The third kappa shape index (κ3) is 12.1. The second kappa shape index (κ2) is 11.0. The standard InChI is InChI=1S/C14H32NO2/c1-4-5-6-7-8-9-13-17-14-15(2,3)11-10-12-16/h16H,4-14H2,1-3H3/q+1. The van der Waals surface area contributed by atoms with Crippen LogP contribution >= 0.6 is 0 Å². The number of hydrogen-bond acceptors (Lipinski definition) is 2. The summed E-state index contributed by atoms with van der Waals surface area (Å²) >= 11 is 0. The van der Waals surface area contributed by atoms with Gasteiger partial charge in [-0.1, -0.05) is 39.0 Å². The van der Waals surface area contributed by atoms with Crippen molar-refractivity contribution in [1.29, 1.82) is 0 Å². The van der Waals surface area contributed by atoms with E-state index in [0.29, 0.717) is 0 Å². The van der Waals surface area contributed by atoms with Crippen LogP contribution in [0.2, 0.25) is 0 Å². The highest BCUT2D eigenvalue weighted by molar-refractivity contribution is 4.42. The molecular weight excluding hydrogens is 214 g/mol. The minimum Gasteiger partial charge on any atom is -0.396 e. The fourth-order valence-electron chi connectivity index (χ4n) is 1.86. The van der Waals surface area contributed by atoms with Crippen LogP contribution < -0.4 is 0 Å². The van der Waals surface area contributed by atoms with E-state index in [2.05, 4.69) is 21.0 Å². The molecule has 0 aromatic heterocycles. The maximum Gasteiger partial charge on any atom is 0.182 e. The highest BCUT2D eigenvalue weighted by Gasteiger charge is 2.13. The van der Waals surface area contributed by atoms with Crippen LogP contribution in [-0.2, 0) is 4.74 Å². The molecule has 0 saturated carbocycles. The average molecular weight is 246 g/mol. The fraction of sp³-hybridized carbons (Fsp3) is 1.00. The molecule has 0 aliphatic heterocycles. The van der Waals surface area contributed by atoms with E-state index in [0.717, 1.165) is 30.8 Å². The van der Waals surface area contributed by atoms with Gasteiger partial charge < -0.3 is 14.3 Å². The van der Waals surface area contributed by atoms with Gasteiger partial charge in [-0.3, -0.25) is 0 Å². The van der Waals surface area contributed by atoms with E-state index >= 15 is 0 Å². The molecule has 0 fully saturated rings. The van der Waals surface area contributed by atoms with Crippen LogP contribution in [0.1, 0.15) is 51.9 Å². The van der Waals surface area contributed by atoms with Crippen LogP contribution in [0, 0.1) is 0 Å². The Kier molecular flexibility index (Phi) is 10.9. The van der Waals surface area contributed by atoms with Crippen LogP contribution in [0.5, 0.6) is 0 Å². The molecule has 0 aliphatic rings. The number of unbranched alkanes of at least 4 members (excludes halogenated alkanes) is 5. The predicted molar refractivity (Wildman–Crippen MR) is 72.9 cm³/mol. The van der Waals surface area contributed by atoms with Crippen molar-refractivity contribution in [3.8, 4) is 0 Å². The van der Waals surface area contributed by atoms with Gasteiger partial charge in [0.25, 0.3) is 0 Å². The van der Waals surface area contributed by atoms with Gasteiger partial charge in [0.2, 0.25) is 0 Å². The summed E-state index contributed by atoms with van der Waals surface area (Å²) in [5.41, 5.74) is 0. The van der Waals surface area contributed by atoms with Crippen LogP contribution in [0.3, 0.4) is 0 Å². The van der Waals surface area contributed by atoms with Crippen molar-refractivity contribution in [1.82, 2.24) is 0 Å². The molecule has 0 rings (SSSR count). The molecule has 0 unspecified atom stereocenters. The summed E-state index contributed by atoms with van der Waals surface area (Å²) in [6, 6.07) is 0. The molecule has 0 aromatic rings. The number of quaternary nitrogens is 1. The van der Waals surface area contributed by atoms with E-state index in [4.69, 9.17) is 9.84 Å². The molecule has 0 atom stereocenters. The van der Waals surface area contributed by atoms with Crippen molar-refractivity contribution in [2.75, 3.05) is 40.6 Å². The molecule has 0 heterocycles. The van der Waals surface area contributed by atoms with E-state index in [1.54, 1.807) is 0 Å². The van der Waals surface area contributed by atoms with Gasteiger partial charge in [0, 0.05) is 13.0 Å². The Morgan fingerprint density at radius 1 is 0.941 bits per heavy atom. The first-order valence-corrected chi connectivity index (χ1v) is 7.13. The summed E-state index contributed by atoms with van der Waals surface area (Å²) in [5, 5.41) is 8.79.